The Morgan fingerprint density at radius 2 is 1.97 bits per heavy atom. The molecule has 2 aromatic rings. The van der Waals surface area contributed by atoms with Crippen molar-refractivity contribution in [2.24, 2.45) is 4.99 Å². The van der Waals surface area contributed by atoms with E-state index in [1.807, 2.05) is 66.4 Å². The number of halogens is 1. The van der Waals surface area contributed by atoms with Gasteiger partial charge in [-0.25, -0.2) is 4.99 Å². The summed E-state index contributed by atoms with van der Waals surface area (Å²) < 4.78 is 10.7. The first-order chi connectivity index (χ1) is 14.7. The number of hydrogen-bond acceptors (Lipinski definition) is 4. The van der Waals surface area contributed by atoms with Gasteiger partial charge in [0.2, 0.25) is 5.91 Å². The molecule has 0 bridgehead atoms. The quantitative estimate of drug-likeness (QED) is 0.222. The van der Waals surface area contributed by atoms with Crippen molar-refractivity contribution in [2.45, 2.75) is 25.9 Å². The third kappa shape index (κ3) is 7.70. The maximum absolute atomic E-state index is 12.5. The molecule has 0 radical (unpaired) electrons. The normalized spacial score (nSPS) is 16.1. The largest absolute Gasteiger partial charge is 0.491 e. The number of guanidine groups is 1. The van der Waals surface area contributed by atoms with E-state index < -0.39 is 0 Å². The molecule has 1 saturated heterocycles. The van der Waals surface area contributed by atoms with Crippen LogP contribution in [0.15, 0.2) is 59.6 Å². The Morgan fingerprint density at radius 1 is 1.16 bits per heavy atom. The molecule has 2 N–H and O–H groups in total. The maximum Gasteiger partial charge on any atom is 0.229 e. The summed E-state index contributed by atoms with van der Waals surface area (Å²) in [6, 6.07) is 17.7. The zero-order valence-electron chi connectivity index (χ0n) is 18.0. The first kappa shape index (κ1) is 24.9. The second kappa shape index (κ2) is 13.2. The van der Waals surface area contributed by atoms with E-state index in [9.17, 15) is 4.79 Å². The van der Waals surface area contributed by atoms with E-state index in [-0.39, 0.29) is 35.9 Å². The third-order valence-electron chi connectivity index (χ3n) is 4.75. The highest BCUT2D eigenvalue weighted by atomic mass is 127. The van der Waals surface area contributed by atoms with Crippen LogP contribution in [-0.2, 0) is 16.1 Å². The molecule has 0 spiro atoms. The second-order valence-electron chi connectivity index (χ2n) is 7.07. The van der Waals surface area contributed by atoms with Crippen molar-refractivity contribution in [1.82, 2.24) is 10.6 Å². The summed E-state index contributed by atoms with van der Waals surface area (Å²) in [7, 11) is 1.65. The van der Waals surface area contributed by atoms with Crippen LogP contribution in [0.4, 0.5) is 5.69 Å². The molecule has 1 heterocycles. The number of rotatable bonds is 9. The number of anilines is 1. The van der Waals surface area contributed by atoms with Gasteiger partial charge in [-0.3, -0.25) is 4.79 Å². The minimum absolute atomic E-state index is 0. The van der Waals surface area contributed by atoms with Gasteiger partial charge in [-0.05, 0) is 36.8 Å². The summed E-state index contributed by atoms with van der Waals surface area (Å²) in [5.41, 5.74) is 1.98. The molecule has 31 heavy (non-hydrogen) atoms. The Labute approximate surface area is 201 Å². The average molecular weight is 538 g/mol. The predicted molar refractivity (Wildman–Crippen MR) is 134 cm³/mol. The molecule has 1 fully saturated rings. The van der Waals surface area contributed by atoms with Crippen LogP contribution in [0.3, 0.4) is 0 Å². The number of benzene rings is 2. The number of hydrogen-bond donors (Lipinski definition) is 2. The molecule has 1 unspecified atom stereocenters. The van der Waals surface area contributed by atoms with E-state index in [1.54, 1.807) is 7.11 Å². The van der Waals surface area contributed by atoms with Gasteiger partial charge in [0.25, 0.3) is 0 Å². The highest BCUT2D eigenvalue weighted by molar-refractivity contribution is 14.0. The van der Waals surface area contributed by atoms with Crippen molar-refractivity contribution in [3.63, 3.8) is 0 Å². The summed E-state index contributed by atoms with van der Waals surface area (Å²) in [6.45, 7) is 4.97. The number of nitrogens with zero attached hydrogens (tertiary/aromatic N) is 2. The van der Waals surface area contributed by atoms with Crippen LogP contribution in [0.1, 0.15) is 18.9 Å². The van der Waals surface area contributed by atoms with Crippen molar-refractivity contribution in [2.75, 3.05) is 38.3 Å². The van der Waals surface area contributed by atoms with Crippen molar-refractivity contribution in [3.05, 3.63) is 60.2 Å². The van der Waals surface area contributed by atoms with Crippen LogP contribution in [-0.4, -0.2) is 51.3 Å². The Balaban J connectivity index is 0.00000341. The monoisotopic (exact) mass is 538 g/mol. The van der Waals surface area contributed by atoms with Crippen LogP contribution in [0.2, 0.25) is 0 Å². The van der Waals surface area contributed by atoms with Gasteiger partial charge in [-0.1, -0.05) is 30.3 Å². The number of carbonyl (C=O) groups is 1. The lowest BCUT2D eigenvalue weighted by atomic mass is 10.2. The molecular formula is C23H31IN4O3. The van der Waals surface area contributed by atoms with Gasteiger partial charge in [0.15, 0.2) is 5.96 Å². The van der Waals surface area contributed by atoms with Crippen LogP contribution in [0, 0.1) is 0 Å². The van der Waals surface area contributed by atoms with Gasteiger partial charge in [0, 0.05) is 32.3 Å². The van der Waals surface area contributed by atoms with Gasteiger partial charge in [0.1, 0.15) is 12.4 Å². The van der Waals surface area contributed by atoms with Crippen LogP contribution in [0.25, 0.3) is 0 Å². The standard InChI is InChI=1S/C23H30N4O3.HI/c1-3-24-23(25-16-18-8-7-11-21(14-18)30-13-12-29-2)26-19-15-22(28)27(17-19)20-9-5-4-6-10-20;/h4-11,14,19H,3,12-13,15-17H2,1-2H3,(H2,24,25,26);1H. The van der Waals surface area contributed by atoms with Gasteiger partial charge in [0.05, 0.1) is 19.2 Å². The smallest absolute Gasteiger partial charge is 0.229 e. The number of methoxy groups -OCH3 is 1. The first-order valence-corrected chi connectivity index (χ1v) is 10.3. The molecule has 168 valence electrons. The number of para-hydroxylation sites is 1. The van der Waals surface area contributed by atoms with Crippen molar-refractivity contribution in [3.8, 4) is 5.75 Å². The molecule has 3 rings (SSSR count). The van der Waals surface area contributed by atoms with Crippen LogP contribution < -0.4 is 20.3 Å². The van der Waals surface area contributed by atoms with Gasteiger partial charge >= 0.3 is 0 Å². The molecular weight excluding hydrogens is 507 g/mol. The first-order valence-electron chi connectivity index (χ1n) is 10.3. The lowest BCUT2D eigenvalue weighted by Crippen LogP contribution is -2.44. The van der Waals surface area contributed by atoms with E-state index in [2.05, 4.69) is 10.6 Å². The SMILES string of the molecule is CCNC(=NCc1cccc(OCCOC)c1)NC1CC(=O)N(c2ccccc2)C1.I. The minimum Gasteiger partial charge on any atom is -0.491 e. The van der Waals surface area contributed by atoms with Crippen molar-refractivity contribution >= 4 is 41.5 Å². The Morgan fingerprint density at radius 3 is 2.71 bits per heavy atom. The fraction of sp³-hybridized carbons (Fsp3) is 0.391. The van der Waals surface area contributed by atoms with Crippen molar-refractivity contribution in [1.29, 1.82) is 0 Å². The summed E-state index contributed by atoms with van der Waals surface area (Å²) in [5.74, 6) is 1.63. The number of nitrogens with one attached hydrogen (secondary N) is 2. The number of aliphatic imine (C=N–C) groups is 1. The van der Waals surface area contributed by atoms with E-state index in [4.69, 9.17) is 14.5 Å². The van der Waals surface area contributed by atoms with E-state index in [1.165, 1.54) is 0 Å². The number of ether oxygens (including phenoxy) is 2. The minimum atomic E-state index is 0. The summed E-state index contributed by atoms with van der Waals surface area (Å²) in [4.78, 5) is 19.0. The zero-order chi connectivity index (χ0) is 21.2. The highest BCUT2D eigenvalue weighted by Crippen LogP contribution is 2.21. The van der Waals surface area contributed by atoms with Crippen LogP contribution >= 0.6 is 24.0 Å². The fourth-order valence-corrected chi connectivity index (χ4v) is 3.32. The third-order valence-corrected chi connectivity index (χ3v) is 4.75. The molecule has 1 aliphatic heterocycles. The Kier molecular flexibility index (Phi) is 10.6. The van der Waals surface area contributed by atoms with Gasteiger partial charge in [-0.2, -0.15) is 0 Å². The molecule has 1 amide bonds. The fourth-order valence-electron chi connectivity index (χ4n) is 3.32. The number of carbonyl (C=O) groups excluding carboxylic acids is 1. The highest BCUT2D eigenvalue weighted by Gasteiger charge is 2.31. The molecule has 2 aromatic carbocycles. The topological polar surface area (TPSA) is 75.2 Å². The van der Waals surface area contributed by atoms with Gasteiger partial charge < -0.3 is 25.0 Å². The molecule has 0 aliphatic carbocycles. The van der Waals surface area contributed by atoms with Crippen LogP contribution in [0.5, 0.6) is 5.75 Å². The van der Waals surface area contributed by atoms with Gasteiger partial charge in [-0.15, -0.1) is 24.0 Å². The maximum atomic E-state index is 12.5. The number of amides is 1. The van der Waals surface area contributed by atoms with E-state index in [0.29, 0.717) is 38.7 Å². The molecule has 0 saturated carbocycles. The predicted octanol–water partition coefficient (Wildman–Crippen LogP) is 3.19. The second-order valence-corrected chi connectivity index (χ2v) is 7.07. The molecule has 1 atom stereocenters. The Bertz CT molecular complexity index is 848. The van der Waals surface area contributed by atoms with E-state index in [0.717, 1.165) is 23.5 Å². The summed E-state index contributed by atoms with van der Waals surface area (Å²) in [5, 5.41) is 6.67. The Hall–Kier alpha value is -2.33. The summed E-state index contributed by atoms with van der Waals surface area (Å²) >= 11 is 0. The van der Waals surface area contributed by atoms with E-state index >= 15 is 0 Å². The summed E-state index contributed by atoms with van der Waals surface area (Å²) in [6.07, 6.45) is 0.447. The average Bonchev–Trinajstić information content (AvgIpc) is 3.13. The van der Waals surface area contributed by atoms with Crippen molar-refractivity contribution < 1.29 is 14.3 Å². The molecule has 1 aliphatic rings. The zero-order valence-corrected chi connectivity index (χ0v) is 20.4. The lowest BCUT2D eigenvalue weighted by molar-refractivity contribution is -0.117. The molecule has 8 heteroatoms. The molecule has 7 nitrogen and oxygen atoms in total. The lowest BCUT2D eigenvalue weighted by Gasteiger charge is -2.19. The molecule has 0 aromatic heterocycles.